The van der Waals surface area contributed by atoms with E-state index >= 15 is 0 Å². The van der Waals surface area contributed by atoms with Crippen LogP contribution in [0, 0.1) is 13.8 Å². The van der Waals surface area contributed by atoms with Crippen molar-refractivity contribution in [2.75, 3.05) is 26.2 Å². The van der Waals surface area contributed by atoms with Gasteiger partial charge >= 0.3 is 6.09 Å². The summed E-state index contributed by atoms with van der Waals surface area (Å²) in [5.41, 5.74) is 1.72. The van der Waals surface area contributed by atoms with E-state index in [0.717, 1.165) is 31.2 Å². The minimum atomic E-state index is -0.487. The van der Waals surface area contributed by atoms with Crippen LogP contribution in [0.1, 0.15) is 45.5 Å². The molecule has 0 aliphatic heterocycles. The summed E-state index contributed by atoms with van der Waals surface area (Å²) in [6.07, 6.45) is 0.500. The van der Waals surface area contributed by atoms with Gasteiger partial charge in [-0.3, -0.25) is 9.67 Å². The number of carbonyl (C=O) groups is 1. The normalized spacial score (nSPS) is 11.6. The van der Waals surface area contributed by atoms with Crippen molar-refractivity contribution >= 4 is 36.0 Å². The van der Waals surface area contributed by atoms with Gasteiger partial charge in [0.25, 0.3) is 0 Å². The van der Waals surface area contributed by atoms with Gasteiger partial charge in [-0.15, -0.1) is 24.0 Å². The molecule has 0 aliphatic carbocycles. The molecular weight excluding hydrogens is 459 g/mol. The Morgan fingerprint density at radius 3 is 2.44 bits per heavy atom. The highest BCUT2D eigenvalue weighted by Gasteiger charge is 2.15. The highest BCUT2D eigenvalue weighted by molar-refractivity contribution is 14.0. The molecule has 0 atom stereocenters. The summed E-state index contributed by atoms with van der Waals surface area (Å²) in [5, 5.41) is 13.6. The maximum Gasteiger partial charge on any atom is 0.407 e. The van der Waals surface area contributed by atoms with E-state index in [-0.39, 0.29) is 24.0 Å². The molecule has 27 heavy (non-hydrogen) atoms. The third kappa shape index (κ3) is 11.7. The Morgan fingerprint density at radius 2 is 1.89 bits per heavy atom. The summed E-state index contributed by atoms with van der Waals surface area (Å²) in [6, 6.07) is 2.08. The number of carbonyl (C=O) groups excluding carboxylic acids is 1. The quantitative estimate of drug-likeness (QED) is 0.224. The van der Waals surface area contributed by atoms with Gasteiger partial charge in [0.2, 0.25) is 0 Å². The van der Waals surface area contributed by atoms with Crippen molar-refractivity contribution in [2.24, 2.45) is 4.99 Å². The molecule has 1 rings (SSSR count). The average molecular weight is 494 g/mol. The number of nitrogens with one attached hydrogen (secondary N) is 3. The minimum absolute atomic E-state index is 0. The van der Waals surface area contributed by atoms with Gasteiger partial charge in [0.05, 0.1) is 5.69 Å². The second-order valence-corrected chi connectivity index (χ2v) is 7.12. The summed E-state index contributed by atoms with van der Waals surface area (Å²) in [5.74, 6) is 0.742. The highest BCUT2D eigenvalue weighted by atomic mass is 127. The van der Waals surface area contributed by atoms with Crippen LogP contribution in [0.5, 0.6) is 0 Å². The van der Waals surface area contributed by atoms with Crippen molar-refractivity contribution in [1.29, 1.82) is 0 Å². The molecule has 0 unspecified atom stereocenters. The number of halogens is 1. The van der Waals surface area contributed by atoms with E-state index in [9.17, 15) is 4.79 Å². The van der Waals surface area contributed by atoms with Crippen LogP contribution in [0.3, 0.4) is 0 Å². The molecule has 1 aromatic rings. The van der Waals surface area contributed by atoms with Crippen molar-refractivity contribution in [3.8, 4) is 0 Å². The smallest absolute Gasteiger partial charge is 0.407 e. The van der Waals surface area contributed by atoms with E-state index in [1.165, 1.54) is 5.69 Å². The Labute approximate surface area is 179 Å². The summed E-state index contributed by atoms with van der Waals surface area (Å²) in [4.78, 5) is 16.1. The maximum absolute atomic E-state index is 11.6. The lowest BCUT2D eigenvalue weighted by atomic mass is 10.2. The van der Waals surface area contributed by atoms with Crippen LogP contribution >= 0.6 is 24.0 Å². The zero-order chi connectivity index (χ0) is 19.6. The third-order valence-corrected chi connectivity index (χ3v) is 3.33. The summed E-state index contributed by atoms with van der Waals surface area (Å²) in [6.45, 7) is 15.0. The first kappa shape index (κ1) is 25.5. The van der Waals surface area contributed by atoms with E-state index < -0.39 is 11.7 Å². The van der Waals surface area contributed by atoms with Gasteiger partial charge in [0, 0.05) is 38.4 Å². The fourth-order valence-electron chi connectivity index (χ4n) is 2.31. The molecule has 0 aliphatic rings. The van der Waals surface area contributed by atoms with Crippen LogP contribution in [0.4, 0.5) is 4.79 Å². The number of rotatable bonds is 8. The van der Waals surface area contributed by atoms with Crippen molar-refractivity contribution in [1.82, 2.24) is 25.7 Å². The molecule has 1 heterocycles. The molecule has 0 aromatic carbocycles. The molecule has 0 spiro atoms. The number of aromatic nitrogens is 2. The topological polar surface area (TPSA) is 92.6 Å². The molecule has 0 radical (unpaired) electrons. The molecule has 1 amide bonds. The average Bonchev–Trinajstić information content (AvgIpc) is 2.83. The zero-order valence-corrected chi connectivity index (χ0v) is 19.7. The van der Waals surface area contributed by atoms with Gasteiger partial charge in [0.1, 0.15) is 5.60 Å². The first-order valence-corrected chi connectivity index (χ1v) is 9.21. The molecule has 0 fully saturated rings. The number of nitrogens with zero attached hydrogens (tertiary/aromatic N) is 3. The molecule has 0 bridgehead atoms. The standard InChI is InChI=1S/C18H34N6O2.HI/c1-7-19-16(21-10-11-22-17(25)26-18(4,5)6)20-9-8-12-24-15(3)13-14(2)23-24;/h13H,7-12H2,1-6H3,(H,22,25)(H2,19,20,21);1H. The number of alkyl carbamates (subject to hydrolysis) is 1. The van der Waals surface area contributed by atoms with Crippen LogP contribution in [-0.4, -0.2) is 53.6 Å². The summed E-state index contributed by atoms with van der Waals surface area (Å²) < 4.78 is 7.20. The molecule has 0 saturated carbocycles. The predicted octanol–water partition coefficient (Wildman–Crippen LogP) is 2.59. The first-order valence-electron chi connectivity index (χ1n) is 9.21. The third-order valence-electron chi connectivity index (χ3n) is 3.33. The summed E-state index contributed by atoms with van der Waals surface area (Å²) >= 11 is 0. The second kappa shape index (κ2) is 12.8. The van der Waals surface area contributed by atoms with Gasteiger partial charge in [-0.05, 0) is 54.0 Å². The van der Waals surface area contributed by atoms with Crippen LogP contribution in [-0.2, 0) is 11.3 Å². The van der Waals surface area contributed by atoms with E-state index in [1.54, 1.807) is 0 Å². The van der Waals surface area contributed by atoms with Gasteiger partial charge in [-0.25, -0.2) is 4.79 Å². The largest absolute Gasteiger partial charge is 0.444 e. The molecule has 9 heteroatoms. The molecule has 1 aromatic heterocycles. The number of aliphatic imine (C=N–C) groups is 1. The van der Waals surface area contributed by atoms with Crippen LogP contribution < -0.4 is 16.0 Å². The van der Waals surface area contributed by atoms with E-state index in [1.807, 2.05) is 39.3 Å². The Balaban J connectivity index is 0.00000676. The molecule has 3 N–H and O–H groups in total. The van der Waals surface area contributed by atoms with Crippen molar-refractivity contribution in [2.45, 2.75) is 60.1 Å². The number of ether oxygens (including phenoxy) is 1. The van der Waals surface area contributed by atoms with Crippen LogP contribution in [0.25, 0.3) is 0 Å². The van der Waals surface area contributed by atoms with Gasteiger partial charge in [-0.2, -0.15) is 5.10 Å². The minimum Gasteiger partial charge on any atom is -0.444 e. The van der Waals surface area contributed by atoms with Crippen molar-refractivity contribution < 1.29 is 9.53 Å². The Kier molecular flexibility index (Phi) is 12.1. The predicted molar refractivity (Wildman–Crippen MR) is 120 cm³/mol. The van der Waals surface area contributed by atoms with E-state index in [0.29, 0.717) is 19.6 Å². The highest BCUT2D eigenvalue weighted by Crippen LogP contribution is 2.06. The monoisotopic (exact) mass is 494 g/mol. The number of guanidine groups is 1. The number of hydrogen-bond acceptors (Lipinski definition) is 4. The first-order chi connectivity index (χ1) is 12.2. The molecular formula is C18H35IN6O2. The van der Waals surface area contributed by atoms with Gasteiger partial charge < -0.3 is 20.7 Å². The van der Waals surface area contributed by atoms with Gasteiger partial charge in [-0.1, -0.05) is 0 Å². The second-order valence-electron chi connectivity index (χ2n) is 7.12. The lowest BCUT2D eigenvalue weighted by Gasteiger charge is -2.19. The van der Waals surface area contributed by atoms with Crippen LogP contribution in [0.15, 0.2) is 11.1 Å². The molecule has 0 saturated heterocycles. The van der Waals surface area contributed by atoms with Gasteiger partial charge in [0.15, 0.2) is 5.96 Å². The Morgan fingerprint density at radius 1 is 1.22 bits per heavy atom. The number of amides is 1. The van der Waals surface area contributed by atoms with Crippen molar-refractivity contribution in [3.05, 3.63) is 17.5 Å². The number of aryl methyl sites for hydroxylation is 3. The Hall–Kier alpha value is -1.52. The van der Waals surface area contributed by atoms with E-state index in [2.05, 4.69) is 39.0 Å². The maximum atomic E-state index is 11.6. The molecule has 8 nitrogen and oxygen atoms in total. The summed E-state index contributed by atoms with van der Waals surface area (Å²) in [7, 11) is 0. The lowest BCUT2D eigenvalue weighted by Crippen LogP contribution is -2.42. The SMILES string of the molecule is CCNC(=NCCCn1nc(C)cc1C)NCCNC(=O)OC(C)(C)C.I. The van der Waals surface area contributed by atoms with Crippen LogP contribution in [0.2, 0.25) is 0 Å². The lowest BCUT2D eigenvalue weighted by molar-refractivity contribution is 0.0529. The fourth-order valence-corrected chi connectivity index (χ4v) is 2.31. The molecule has 156 valence electrons. The Bertz CT molecular complexity index is 595. The van der Waals surface area contributed by atoms with Crippen molar-refractivity contribution in [3.63, 3.8) is 0 Å². The van der Waals surface area contributed by atoms with E-state index in [4.69, 9.17) is 4.74 Å². The zero-order valence-electron chi connectivity index (χ0n) is 17.4. The number of hydrogen-bond donors (Lipinski definition) is 3. The fraction of sp³-hybridized carbons (Fsp3) is 0.722.